The summed E-state index contributed by atoms with van der Waals surface area (Å²) < 4.78 is 37.7. The van der Waals surface area contributed by atoms with Gasteiger partial charge in [-0.25, -0.2) is 4.98 Å². The average molecular weight is 505 g/mol. The van der Waals surface area contributed by atoms with Crippen molar-refractivity contribution in [1.82, 2.24) is 20.5 Å². The maximum atomic E-state index is 12.6. The van der Waals surface area contributed by atoms with Crippen molar-refractivity contribution in [3.63, 3.8) is 0 Å². The molecular weight excluding hydrogens is 478 g/mol. The lowest BCUT2D eigenvalue weighted by atomic mass is 10.0. The molecule has 0 atom stereocenters. The summed E-state index contributed by atoms with van der Waals surface area (Å²) in [5.74, 6) is 0.607. The van der Waals surface area contributed by atoms with Crippen LogP contribution in [-0.4, -0.2) is 48.6 Å². The molecule has 0 bridgehead atoms. The van der Waals surface area contributed by atoms with Crippen LogP contribution in [0.3, 0.4) is 0 Å². The number of thiazole rings is 1. The Bertz CT molecular complexity index is 556. The predicted molar refractivity (Wildman–Crippen MR) is 110 cm³/mol. The first-order valence-electron chi connectivity index (χ1n) is 8.63. The topological polar surface area (TPSA) is 52.5 Å². The first-order chi connectivity index (χ1) is 11.9. The SMILES string of the molecule is CCCCN1CCC(NC(=NC)NCc2nc(C(F)(F)F)cs2)CC1.I. The number of halogens is 4. The van der Waals surface area contributed by atoms with Gasteiger partial charge in [0.2, 0.25) is 0 Å². The molecule has 1 aliphatic heterocycles. The third-order valence-electron chi connectivity index (χ3n) is 4.23. The third-order valence-corrected chi connectivity index (χ3v) is 5.08. The number of hydrogen-bond acceptors (Lipinski definition) is 4. The highest BCUT2D eigenvalue weighted by Gasteiger charge is 2.33. The van der Waals surface area contributed by atoms with E-state index in [1.807, 2.05) is 0 Å². The summed E-state index contributed by atoms with van der Waals surface area (Å²) in [4.78, 5) is 10.2. The lowest BCUT2D eigenvalue weighted by Crippen LogP contribution is -2.48. The molecule has 2 heterocycles. The lowest BCUT2D eigenvalue weighted by Gasteiger charge is -2.33. The van der Waals surface area contributed by atoms with E-state index in [4.69, 9.17) is 0 Å². The van der Waals surface area contributed by atoms with Crippen molar-refractivity contribution in [2.45, 2.75) is 51.4 Å². The molecule has 26 heavy (non-hydrogen) atoms. The predicted octanol–water partition coefficient (Wildman–Crippen LogP) is 3.71. The number of likely N-dealkylation sites (tertiary alicyclic amines) is 1. The van der Waals surface area contributed by atoms with E-state index in [0.29, 0.717) is 17.0 Å². The Morgan fingerprint density at radius 2 is 2.08 bits per heavy atom. The number of aliphatic imine (C=N–C) groups is 1. The number of rotatable bonds is 6. The summed E-state index contributed by atoms with van der Waals surface area (Å²) >= 11 is 1.000. The highest BCUT2D eigenvalue weighted by molar-refractivity contribution is 14.0. The summed E-state index contributed by atoms with van der Waals surface area (Å²) in [6.45, 7) is 5.72. The Labute approximate surface area is 173 Å². The van der Waals surface area contributed by atoms with Crippen LogP contribution in [0.1, 0.15) is 43.3 Å². The molecule has 5 nitrogen and oxygen atoms in total. The number of piperidine rings is 1. The van der Waals surface area contributed by atoms with Crippen LogP contribution in [0.15, 0.2) is 10.4 Å². The largest absolute Gasteiger partial charge is 0.434 e. The van der Waals surface area contributed by atoms with Crippen LogP contribution in [0.2, 0.25) is 0 Å². The molecular formula is C16H27F3IN5S. The fourth-order valence-corrected chi connectivity index (χ4v) is 3.49. The van der Waals surface area contributed by atoms with Gasteiger partial charge in [-0.05, 0) is 25.8 Å². The summed E-state index contributed by atoms with van der Waals surface area (Å²) in [5, 5.41) is 7.84. The molecule has 0 aliphatic carbocycles. The summed E-state index contributed by atoms with van der Waals surface area (Å²) in [6.07, 6.45) is 0.136. The van der Waals surface area contributed by atoms with Crippen molar-refractivity contribution >= 4 is 41.3 Å². The van der Waals surface area contributed by atoms with E-state index in [1.165, 1.54) is 12.8 Å². The van der Waals surface area contributed by atoms with Gasteiger partial charge in [0.05, 0.1) is 6.54 Å². The van der Waals surface area contributed by atoms with E-state index in [9.17, 15) is 13.2 Å². The molecule has 1 saturated heterocycles. The van der Waals surface area contributed by atoms with Crippen molar-refractivity contribution in [2.24, 2.45) is 4.99 Å². The van der Waals surface area contributed by atoms with Gasteiger partial charge >= 0.3 is 6.18 Å². The molecule has 1 fully saturated rings. The summed E-state index contributed by atoms with van der Waals surface area (Å²) in [6, 6.07) is 0.339. The number of hydrogen-bond donors (Lipinski definition) is 2. The van der Waals surface area contributed by atoms with E-state index in [1.54, 1.807) is 7.05 Å². The molecule has 0 amide bonds. The smallest absolute Gasteiger partial charge is 0.354 e. The number of nitrogens with zero attached hydrogens (tertiary/aromatic N) is 3. The molecule has 1 aliphatic rings. The van der Waals surface area contributed by atoms with Gasteiger partial charge in [0.25, 0.3) is 0 Å². The van der Waals surface area contributed by atoms with Crippen LogP contribution in [0.25, 0.3) is 0 Å². The number of alkyl halides is 3. The van der Waals surface area contributed by atoms with Crippen LogP contribution in [0, 0.1) is 0 Å². The van der Waals surface area contributed by atoms with Crippen molar-refractivity contribution in [1.29, 1.82) is 0 Å². The van der Waals surface area contributed by atoms with E-state index in [2.05, 4.69) is 32.4 Å². The molecule has 2 rings (SSSR count). The van der Waals surface area contributed by atoms with Crippen molar-refractivity contribution in [2.75, 3.05) is 26.7 Å². The zero-order chi connectivity index (χ0) is 18.3. The van der Waals surface area contributed by atoms with Crippen molar-refractivity contribution < 1.29 is 13.2 Å². The standard InChI is InChI=1S/C16H26F3N5S.HI/c1-3-4-7-24-8-5-12(6-9-24)22-15(20-2)21-10-14-23-13(11-25-14)16(17,18)19;/h11-12H,3-10H2,1-2H3,(H2,20,21,22);1H. The van der Waals surface area contributed by atoms with Gasteiger partial charge in [0.15, 0.2) is 11.7 Å². The van der Waals surface area contributed by atoms with Gasteiger partial charge in [-0.2, -0.15) is 13.2 Å². The molecule has 0 aromatic carbocycles. The van der Waals surface area contributed by atoms with Gasteiger partial charge < -0.3 is 15.5 Å². The zero-order valence-electron chi connectivity index (χ0n) is 15.1. The minimum atomic E-state index is -4.39. The Morgan fingerprint density at radius 3 is 2.62 bits per heavy atom. The maximum absolute atomic E-state index is 12.6. The molecule has 150 valence electrons. The highest BCUT2D eigenvalue weighted by Crippen LogP contribution is 2.29. The molecule has 0 radical (unpaired) electrons. The Balaban J connectivity index is 0.00000338. The minimum Gasteiger partial charge on any atom is -0.354 e. The molecule has 10 heteroatoms. The van der Waals surface area contributed by atoms with Crippen LogP contribution in [0.5, 0.6) is 0 Å². The van der Waals surface area contributed by atoms with Gasteiger partial charge in [-0.1, -0.05) is 13.3 Å². The number of nitrogens with one attached hydrogen (secondary N) is 2. The maximum Gasteiger partial charge on any atom is 0.434 e. The van der Waals surface area contributed by atoms with Gasteiger partial charge in [0, 0.05) is 31.6 Å². The zero-order valence-corrected chi connectivity index (χ0v) is 18.3. The highest BCUT2D eigenvalue weighted by atomic mass is 127. The molecule has 0 unspecified atom stereocenters. The number of aromatic nitrogens is 1. The fraction of sp³-hybridized carbons (Fsp3) is 0.750. The fourth-order valence-electron chi connectivity index (χ4n) is 2.75. The Hall–Kier alpha value is -0.620. The number of unbranched alkanes of at least 4 members (excludes halogenated alkanes) is 1. The van der Waals surface area contributed by atoms with Crippen LogP contribution >= 0.6 is 35.3 Å². The Morgan fingerprint density at radius 1 is 1.38 bits per heavy atom. The van der Waals surface area contributed by atoms with Gasteiger partial charge in [-0.3, -0.25) is 4.99 Å². The Kier molecular flexibility index (Phi) is 10.2. The second-order valence-electron chi connectivity index (χ2n) is 6.16. The molecule has 1 aromatic heterocycles. The molecule has 0 spiro atoms. The van der Waals surface area contributed by atoms with Crippen LogP contribution in [0.4, 0.5) is 13.2 Å². The third kappa shape index (κ3) is 7.55. The second-order valence-corrected chi connectivity index (χ2v) is 7.11. The summed E-state index contributed by atoms with van der Waals surface area (Å²) in [7, 11) is 1.66. The van der Waals surface area contributed by atoms with Gasteiger partial charge in [0.1, 0.15) is 5.01 Å². The first-order valence-corrected chi connectivity index (χ1v) is 9.51. The first kappa shape index (κ1) is 23.4. The van der Waals surface area contributed by atoms with Crippen LogP contribution in [-0.2, 0) is 12.7 Å². The van der Waals surface area contributed by atoms with E-state index < -0.39 is 11.9 Å². The normalized spacial score (nSPS) is 17.0. The summed E-state index contributed by atoms with van der Waals surface area (Å²) in [5.41, 5.74) is -0.836. The molecule has 1 aromatic rings. The second kappa shape index (κ2) is 11.3. The van der Waals surface area contributed by atoms with E-state index >= 15 is 0 Å². The van der Waals surface area contributed by atoms with Crippen LogP contribution < -0.4 is 10.6 Å². The minimum absolute atomic E-state index is 0. The quantitative estimate of drug-likeness (QED) is 0.352. The number of guanidine groups is 1. The monoisotopic (exact) mass is 505 g/mol. The van der Waals surface area contributed by atoms with E-state index in [-0.39, 0.29) is 30.5 Å². The van der Waals surface area contributed by atoms with Crippen molar-refractivity contribution in [3.8, 4) is 0 Å². The molecule has 0 saturated carbocycles. The van der Waals surface area contributed by atoms with Crippen molar-refractivity contribution in [3.05, 3.63) is 16.1 Å². The average Bonchev–Trinajstić information content (AvgIpc) is 3.07. The van der Waals surface area contributed by atoms with E-state index in [0.717, 1.165) is 49.2 Å². The lowest BCUT2D eigenvalue weighted by molar-refractivity contribution is -0.140. The van der Waals surface area contributed by atoms with Gasteiger partial charge in [-0.15, -0.1) is 35.3 Å². The molecule has 2 N–H and O–H groups in total.